The number of fused-ring (bicyclic) bond motifs is 1. The molecular weight excluding hydrogens is 278 g/mol. The number of nitrogens with zero attached hydrogens (tertiary/aromatic N) is 2. The zero-order valence-corrected chi connectivity index (χ0v) is 12.5. The molecule has 1 unspecified atom stereocenters. The van der Waals surface area contributed by atoms with E-state index in [1.807, 2.05) is 0 Å². The third kappa shape index (κ3) is 2.21. The molecule has 104 valence electrons. The van der Waals surface area contributed by atoms with Crippen molar-refractivity contribution < 1.29 is 0 Å². The third-order valence-electron chi connectivity index (χ3n) is 3.72. The number of benzene rings is 2. The molecule has 0 bridgehead atoms. The minimum Gasteiger partial charge on any atom is -0.366 e. The molecular formula is C17H15N3S. The highest BCUT2D eigenvalue weighted by molar-refractivity contribution is 7.13. The van der Waals surface area contributed by atoms with Crippen molar-refractivity contribution in [2.75, 3.05) is 6.54 Å². The summed E-state index contributed by atoms with van der Waals surface area (Å²) in [6.07, 6.45) is 0. The summed E-state index contributed by atoms with van der Waals surface area (Å²) >= 11 is 1.55. The molecule has 4 rings (SSSR count). The predicted molar refractivity (Wildman–Crippen MR) is 89.1 cm³/mol. The quantitative estimate of drug-likeness (QED) is 0.782. The Balaban J connectivity index is 1.70. The predicted octanol–water partition coefficient (Wildman–Crippen LogP) is 3.70. The Morgan fingerprint density at radius 1 is 1.05 bits per heavy atom. The Bertz CT molecular complexity index is 817. The van der Waals surface area contributed by atoms with Crippen LogP contribution in [-0.2, 0) is 0 Å². The molecule has 0 fully saturated rings. The molecule has 3 aromatic rings. The molecule has 0 radical (unpaired) electrons. The van der Waals surface area contributed by atoms with E-state index in [-0.39, 0.29) is 0 Å². The maximum absolute atomic E-state index is 4.60. The molecule has 1 atom stereocenters. The summed E-state index contributed by atoms with van der Waals surface area (Å²) in [6, 6.07) is 17.3. The Hall–Kier alpha value is -2.20. The highest BCUT2D eigenvalue weighted by Gasteiger charge is 2.14. The molecule has 0 amide bonds. The topological polar surface area (TPSA) is 37.3 Å². The second-order valence-corrected chi connectivity index (χ2v) is 6.14. The van der Waals surface area contributed by atoms with Crippen molar-refractivity contribution >= 4 is 27.5 Å². The zero-order chi connectivity index (χ0) is 14.2. The van der Waals surface area contributed by atoms with Gasteiger partial charge in [0.2, 0.25) is 0 Å². The van der Waals surface area contributed by atoms with E-state index in [1.54, 1.807) is 11.5 Å². The van der Waals surface area contributed by atoms with E-state index in [4.69, 9.17) is 0 Å². The average molecular weight is 293 g/mol. The van der Waals surface area contributed by atoms with Crippen molar-refractivity contribution in [1.29, 1.82) is 0 Å². The first-order valence-electron chi connectivity index (χ1n) is 7.07. The fourth-order valence-corrected chi connectivity index (χ4v) is 3.40. The van der Waals surface area contributed by atoms with E-state index in [2.05, 4.69) is 70.1 Å². The zero-order valence-electron chi connectivity index (χ0n) is 11.7. The largest absolute Gasteiger partial charge is 0.366 e. The Labute approximate surface area is 127 Å². The number of aliphatic imine (C=N–C) groups is 1. The van der Waals surface area contributed by atoms with Crippen molar-refractivity contribution in [3.05, 3.63) is 54.1 Å². The van der Waals surface area contributed by atoms with Crippen molar-refractivity contribution in [2.45, 2.75) is 13.0 Å². The van der Waals surface area contributed by atoms with Gasteiger partial charge in [0, 0.05) is 22.6 Å². The van der Waals surface area contributed by atoms with Gasteiger partial charge in [-0.2, -0.15) is 4.37 Å². The van der Waals surface area contributed by atoms with Gasteiger partial charge in [-0.25, -0.2) is 0 Å². The van der Waals surface area contributed by atoms with Crippen LogP contribution in [0.3, 0.4) is 0 Å². The van der Waals surface area contributed by atoms with E-state index < -0.39 is 0 Å². The Kier molecular flexibility index (Phi) is 2.97. The SMILES string of the molecule is CC1CN=C(c2ccc(-c3nsc4ccccc34)cc2)N1. The lowest BCUT2D eigenvalue weighted by atomic mass is 10.1. The molecule has 2 aromatic carbocycles. The standard InChI is InChI=1S/C17H15N3S/c1-11-10-18-17(19-11)13-8-6-12(7-9-13)16-14-4-2-3-5-15(14)21-20-16/h2-9,11H,10H2,1H3,(H,18,19). The maximum Gasteiger partial charge on any atom is 0.128 e. The van der Waals surface area contributed by atoms with Crippen molar-refractivity contribution in [3.63, 3.8) is 0 Å². The smallest absolute Gasteiger partial charge is 0.128 e. The average Bonchev–Trinajstić information content (AvgIpc) is 3.14. The van der Waals surface area contributed by atoms with Gasteiger partial charge >= 0.3 is 0 Å². The van der Waals surface area contributed by atoms with Gasteiger partial charge in [-0.1, -0.05) is 42.5 Å². The first-order valence-corrected chi connectivity index (χ1v) is 7.85. The molecule has 4 heteroatoms. The molecule has 1 N–H and O–H groups in total. The molecule has 1 aliphatic heterocycles. The van der Waals surface area contributed by atoms with Gasteiger partial charge in [-0.05, 0) is 24.5 Å². The maximum atomic E-state index is 4.60. The van der Waals surface area contributed by atoms with Crippen LogP contribution >= 0.6 is 11.5 Å². The lowest BCUT2D eigenvalue weighted by Crippen LogP contribution is -2.27. The van der Waals surface area contributed by atoms with Crippen LogP contribution in [0.15, 0.2) is 53.5 Å². The van der Waals surface area contributed by atoms with Crippen LogP contribution in [0.1, 0.15) is 12.5 Å². The van der Waals surface area contributed by atoms with Crippen LogP contribution in [0.2, 0.25) is 0 Å². The summed E-state index contributed by atoms with van der Waals surface area (Å²) in [4.78, 5) is 4.52. The number of aromatic nitrogens is 1. The summed E-state index contributed by atoms with van der Waals surface area (Å²) in [5.41, 5.74) is 3.36. The Morgan fingerprint density at radius 2 is 1.81 bits per heavy atom. The number of hydrogen-bond acceptors (Lipinski definition) is 4. The summed E-state index contributed by atoms with van der Waals surface area (Å²) in [5, 5.41) is 4.61. The fourth-order valence-electron chi connectivity index (χ4n) is 2.61. The first-order chi connectivity index (χ1) is 10.3. The molecule has 0 saturated carbocycles. The van der Waals surface area contributed by atoms with Gasteiger partial charge in [0.1, 0.15) is 5.84 Å². The van der Waals surface area contributed by atoms with E-state index in [0.717, 1.165) is 29.2 Å². The van der Waals surface area contributed by atoms with E-state index in [1.165, 1.54) is 10.1 Å². The molecule has 0 saturated heterocycles. The normalized spacial score (nSPS) is 17.8. The molecule has 0 spiro atoms. The first kappa shape index (κ1) is 12.5. The molecule has 2 heterocycles. The van der Waals surface area contributed by atoms with Crippen molar-refractivity contribution in [1.82, 2.24) is 9.69 Å². The van der Waals surface area contributed by atoms with E-state index >= 15 is 0 Å². The van der Waals surface area contributed by atoms with Crippen LogP contribution in [0.4, 0.5) is 0 Å². The van der Waals surface area contributed by atoms with Gasteiger partial charge in [0.15, 0.2) is 0 Å². The minimum atomic E-state index is 0.433. The summed E-state index contributed by atoms with van der Waals surface area (Å²) in [6.45, 7) is 3.00. The molecule has 0 aliphatic carbocycles. The van der Waals surface area contributed by atoms with Gasteiger partial charge in [0.05, 0.1) is 16.9 Å². The minimum absolute atomic E-state index is 0.433. The number of amidine groups is 1. The monoisotopic (exact) mass is 293 g/mol. The molecule has 3 nitrogen and oxygen atoms in total. The second-order valence-electron chi connectivity index (χ2n) is 5.34. The van der Waals surface area contributed by atoms with Gasteiger partial charge in [-0.3, -0.25) is 4.99 Å². The van der Waals surface area contributed by atoms with Crippen LogP contribution in [0.5, 0.6) is 0 Å². The highest BCUT2D eigenvalue weighted by Crippen LogP contribution is 2.30. The summed E-state index contributed by atoms with van der Waals surface area (Å²) in [7, 11) is 0. The number of hydrogen-bond donors (Lipinski definition) is 1. The van der Waals surface area contributed by atoms with Crippen molar-refractivity contribution in [2.24, 2.45) is 4.99 Å². The van der Waals surface area contributed by atoms with Crippen LogP contribution < -0.4 is 5.32 Å². The van der Waals surface area contributed by atoms with E-state index in [0.29, 0.717) is 6.04 Å². The lowest BCUT2D eigenvalue weighted by molar-refractivity contribution is 0.726. The Morgan fingerprint density at radius 3 is 2.57 bits per heavy atom. The van der Waals surface area contributed by atoms with E-state index in [9.17, 15) is 0 Å². The molecule has 1 aromatic heterocycles. The van der Waals surface area contributed by atoms with Crippen LogP contribution in [0.25, 0.3) is 21.3 Å². The number of nitrogens with one attached hydrogen (secondary N) is 1. The third-order valence-corrected chi connectivity index (χ3v) is 4.54. The second kappa shape index (κ2) is 4.97. The van der Waals surface area contributed by atoms with Crippen LogP contribution in [-0.4, -0.2) is 22.8 Å². The molecule has 1 aliphatic rings. The van der Waals surface area contributed by atoms with Crippen LogP contribution in [0, 0.1) is 0 Å². The fraction of sp³-hybridized carbons (Fsp3) is 0.176. The van der Waals surface area contributed by atoms with Gasteiger partial charge in [-0.15, -0.1) is 0 Å². The lowest BCUT2D eigenvalue weighted by Gasteiger charge is -2.06. The number of rotatable bonds is 2. The summed E-state index contributed by atoms with van der Waals surface area (Å²) in [5.74, 6) is 0.997. The summed E-state index contributed by atoms with van der Waals surface area (Å²) < 4.78 is 5.83. The van der Waals surface area contributed by atoms with Crippen molar-refractivity contribution in [3.8, 4) is 11.3 Å². The van der Waals surface area contributed by atoms with Gasteiger partial charge < -0.3 is 5.32 Å². The van der Waals surface area contributed by atoms with Gasteiger partial charge in [0.25, 0.3) is 0 Å². The molecule has 21 heavy (non-hydrogen) atoms. The highest BCUT2D eigenvalue weighted by atomic mass is 32.1.